The summed E-state index contributed by atoms with van der Waals surface area (Å²) in [6, 6.07) is 17.9. The third-order valence-corrected chi connectivity index (χ3v) is 6.05. The van der Waals surface area contributed by atoms with Crippen molar-refractivity contribution in [3.8, 4) is 6.07 Å². The average molecular weight is 464 g/mol. The van der Waals surface area contributed by atoms with Crippen LogP contribution < -0.4 is 11.1 Å². The Morgan fingerprint density at radius 2 is 1.88 bits per heavy atom. The number of carbonyl (C=O) groups is 2. The Labute approximate surface area is 195 Å². The van der Waals surface area contributed by atoms with Crippen molar-refractivity contribution in [2.24, 2.45) is 0 Å². The Kier molecular flexibility index (Phi) is 7.64. The summed E-state index contributed by atoms with van der Waals surface area (Å²) in [5, 5.41) is 12.5. The van der Waals surface area contributed by atoms with Crippen LogP contribution in [0.25, 0.3) is 0 Å². The Morgan fingerprint density at radius 1 is 1.21 bits per heavy atom. The molecule has 2 aromatic carbocycles. The molecule has 1 heterocycles. The number of nitrogens with zero attached hydrogens (tertiary/aromatic N) is 3. The van der Waals surface area contributed by atoms with Crippen molar-refractivity contribution >= 4 is 35.1 Å². The first-order chi connectivity index (χ1) is 15.8. The zero-order valence-electron chi connectivity index (χ0n) is 18.1. The number of aromatic nitrogens is 1. The largest absolute Gasteiger partial charge is 0.383 e. The van der Waals surface area contributed by atoms with E-state index in [1.165, 1.54) is 23.1 Å². The average Bonchev–Trinajstić information content (AvgIpc) is 2.82. The number of anilines is 2. The van der Waals surface area contributed by atoms with Crippen LogP contribution in [0.2, 0.25) is 0 Å². The van der Waals surface area contributed by atoms with Gasteiger partial charge in [-0.1, -0.05) is 42.1 Å². The molecule has 0 bridgehead atoms. The number of nitriles is 1. The number of benzene rings is 2. The maximum Gasteiger partial charge on any atom is 0.259 e. The minimum atomic E-state index is -0.483. The van der Waals surface area contributed by atoms with Crippen LogP contribution in [0.3, 0.4) is 0 Å². The molecular formula is C24H22FN5O2S. The molecule has 3 aromatic rings. The van der Waals surface area contributed by atoms with Crippen molar-refractivity contribution in [2.75, 3.05) is 23.9 Å². The van der Waals surface area contributed by atoms with Gasteiger partial charge in [0.25, 0.3) is 5.91 Å². The molecule has 1 aromatic heterocycles. The number of nitrogen functional groups attached to an aromatic ring is 1. The van der Waals surface area contributed by atoms with E-state index in [1.54, 1.807) is 43.4 Å². The predicted molar refractivity (Wildman–Crippen MR) is 126 cm³/mol. The van der Waals surface area contributed by atoms with Gasteiger partial charge in [0.05, 0.1) is 22.9 Å². The summed E-state index contributed by atoms with van der Waals surface area (Å²) in [5.74, 6) is -1.05. The molecule has 1 unspecified atom stereocenters. The molecule has 0 aliphatic carbocycles. The molecule has 0 saturated heterocycles. The number of amides is 2. The van der Waals surface area contributed by atoms with E-state index in [0.717, 1.165) is 17.3 Å². The van der Waals surface area contributed by atoms with Crippen molar-refractivity contribution < 1.29 is 14.0 Å². The van der Waals surface area contributed by atoms with Crippen molar-refractivity contribution in [1.82, 2.24) is 9.88 Å². The fourth-order valence-electron chi connectivity index (χ4n) is 3.01. The topological polar surface area (TPSA) is 112 Å². The molecule has 0 aliphatic heterocycles. The van der Waals surface area contributed by atoms with Crippen LogP contribution in [0, 0.1) is 17.1 Å². The molecule has 2 amide bonds. The van der Waals surface area contributed by atoms with E-state index in [4.69, 9.17) is 5.73 Å². The van der Waals surface area contributed by atoms with Gasteiger partial charge in [-0.3, -0.25) is 9.59 Å². The van der Waals surface area contributed by atoms with Gasteiger partial charge >= 0.3 is 0 Å². The van der Waals surface area contributed by atoms with Crippen molar-refractivity contribution in [1.29, 1.82) is 5.26 Å². The number of carbonyl (C=O) groups excluding carboxylic acids is 2. The van der Waals surface area contributed by atoms with E-state index in [1.807, 2.05) is 19.1 Å². The highest BCUT2D eigenvalue weighted by molar-refractivity contribution is 8.00. The van der Waals surface area contributed by atoms with Crippen LogP contribution >= 0.6 is 11.8 Å². The number of thioether (sulfide) groups is 1. The highest BCUT2D eigenvalue weighted by atomic mass is 32.2. The normalized spacial score (nSPS) is 11.3. The van der Waals surface area contributed by atoms with Gasteiger partial charge in [0.15, 0.2) is 0 Å². The van der Waals surface area contributed by atoms with Gasteiger partial charge in [0, 0.05) is 12.7 Å². The lowest BCUT2D eigenvalue weighted by Crippen LogP contribution is -2.31. The van der Waals surface area contributed by atoms with Crippen molar-refractivity contribution in [3.63, 3.8) is 0 Å². The second-order valence-corrected chi connectivity index (χ2v) is 8.19. The fraction of sp³-hybridized carbons (Fsp3) is 0.167. The summed E-state index contributed by atoms with van der Waals surface area (Å²) in [7, 11) is 1.65. The molecule has 0 saturated carbocycles. The summed E-state index contributed by atoms with van der Waals surface area (Å²) in [6.45, 7) is 1.84. The van der Waals surface area contributed by atoms with E-state index < -0.39 is 5.91 Å². The maximum atomic E-state index is 13.2. The van der Waals surface area contributed by atoms with E-state index >= 15 is 0 Å². The van der Waals surface area contributed by atoms with Gasteiger partial charge < -0.3 is 16.0 Å². The first-order valence-corrected chi connectivity index (χ1v) is 11.0. The number of rotatable bonds is 7. The van der Waals surface area contributed by atoms with Crippen LogP contribution in [0.4, 0.5) is 15.9 Å². The molecule has 33 heavy (non-hydrogen) atoms. The van der Waals surface area contributed by atoms with Crippen LogP contribution in [0.15, 0.2) is 65.7 Å². The molecule has 7 nitrogen and oxygen atoms in total. The molecule has 0 fully saturated rings. The summed E-state index contributed by atoms with van der Waals surface area (Å²) < 4.78 is 13.2. The first-order valence-electron chi connectivity index (χ1n) is 10.0. The predicted octanol–water partition coefficient (Wildman–Crippen LogP) is 4.24. The summed E-state index contributed by atoms with van der Waals surface area (Å²) >= 11 is 1.07. The molecule has 0 radical (unpaired) electrons. The number of hydrogen-bond acceptors (Lipinski definition) is 6. The zero-order chi connectivity index (χ0) is 24.0. The lowest BCUT2D eigenvalue weighted by molar-refractivity contribution is -0.128. The maximum absolute atomic E-state index is 13.2. The SMILES string of the molecule is CC(c1ccc(F)cc1)N(C)C(=O)CSc1nc(N)c(C(=O)Nc2ccccc2)cc1C#N. The highest BCUT2D eigenvalue weighted by Gasteiger charge is 2.20. The van der Waals surface area contributed by atoms with E-state index in [0.29, 0.717) is 5.69 Å². The molecule has 0 spiro atoms. The van der Waals surface area contributed by atoms with E-state index in [9.17, 15) is 19.2 Å². The third-order valence-electron chi connectivity index (χ3n) is 5.07. The molecule has 0 aliphatic rings. The Hall–Kier alpha value is -3.90. The summed E-state index contributed by atoms with van der Waals surface area (Å²) in [4.78, 5) is 31.0. The summed E-state index contributed by atoms with van der Waals surface area (Å²) in [6.07, 6.45) is 0. The molecular weight excluding hydrogens is 441 g/mol. The van der Waals surface area contributed by atoms with Gasteiger partial charge in [0.2, 0.25) is 5.91 Å². The second-order valence-electron chi connectivity index (χ2n) is 7.23. The van der Waals surface area contributed by atoms with Crippen LogP contribution in [0.5, 0.6) is 0 Å². The van der Waals surface area contributed by atoms with Crippen LogP contribution in [-0.4, -0.2) is 34.5 Å². The van der Waals surface area contributed by atoms with Gasteiger partial charge in [0.1, 0.15) is 22.7 Å². The number of nitrogens with one attached hydrogen (secondary N) is 1. The second kappa shape index (κ2) is 10.6. The summed E-state index contributed by atoms with van der Waals surface area (Å²) in [5.41, 5.74) is 7.59. The Balaban J connectivity index is 1.70. The van der Waals surface area contributed by atoms with Crippen LogP contribution in [0.1, 0.15) is 34.5 Å². The Morgan fingerprint density at radius 3 is 2.52 bits per heavy atom. The first kappa shape index (κ1) is 23.8. The smallest absolute Gasteiger partial charge is 0.259 e. The highest BCUT2D eigenvalue weighted by Crippen LogP contribution is 2.26. The van der Waals surface area contributed by atoms with Crippen LogP contribution in [-0.2, 0) is 4.79 Å². The van der Waals surface area contributed by atoms with Gasteiger partial charge in [-0.05, 0) is 42.8 Å². The minimum absolute atomic E-state index is 0.0126. The third kappa shape index (κ3) is 5.87. The standard InChI is InChI=1S/C24H22FN5O2S/c1-15(16-8-10-18(25)11-9-16)30(2)21(31)14-33-24-17(13-26)12-20(22(27)29-24)23(32)28-19-6-4-3-5-7-19/h3-12,15H,14H2,1-2H3,(H2,27,29)(H,28,32). The fourth-order valence-corrected chi connectivity index (χ4v) is 3.90. The van der Waals surface area contributed by atoms with Crippen molar-refractivity contribution in [2.45, 2.75) is 18.0 Å². The van der Waals surface area contributed by atoms with Gasteiger partial charge in [-0.2, -0.15) is 5.26 Å². The number of nitrogens with two attached hydrogens (primary N) is 1. The lowest BCUT2D eigenvalue weighted by Gasteiger charge is -2.25. The lowest BCUT2D eigenvalue weighted by atomic mass is 10.1. The molecule has 168 valence electrons. The molecule has 1 atom stereocenters. The van der Waals surface area contributed by atoms with E-state index in [2.05, 4.69) is 10.3 Å². The molecule has 3 N–H and O–H groups in total. The van der Waals surface area contributed by atoms with E-state index in [-0.39, 0.29) is 45.5 Å². The number of hydrogen-bond donors (Lipinski definition) is 2. The monoisotopic (exact) mass is 463 g/mol. The van der Waals surface area contributed by atoms with Crippen molar-refractivity contribution in [3.05, 3.63) is 83.2 Å². The quantitative estimate of drug-likeness (QED) is 0.507. The minimum Gasteiger partial charge on any atom is -0.383 e. The zero-order valence-corrected chi connectivity index (χ0v) is 18.9. The number of halogens is 1. The van der Waals surface area contributed by atoms with Gasteiger partial charge in [-0.25, -0.2) is 9.37 Å². The number of pyridine rings is 1. The molecule has 9 heteroatoms. The Bertz CT molecular complexity index is 1200. The van der Waals surface area contributed by atoms with Gasteiger partial charge in [-0.15, -0.1) is 0 Å². The number of para-hydroxylation sites is 1. The molecule has 3 rings (SSSR count).